The quantitative estimate of drug-likeness (QED) is 0.583. The number of hydrogen-bond acceptors (Lipinski definition) is 2. The Morgan fingerprint density at radius 2 is 1.63 bits per heavy atom. The van der Waals surface area contributed by atoms with Crippen molar-refractivity contribution in [2.24, 2.45) is 11.8 Å². The normalized spacial score (nSPS) is 19.5. The zero-order valence-electron chi connectivity index (χ0n) is 15.7. The van der Waals surface area contributed by atoms with Crippen LogP contribution in [0.2, 0.25) is 0 Å². The Morgan fingerprint density at radius 3 is 2.26 bits per heavy atom. The van der Waals surface area contributed by atoms with Gasteiger partial charge >= 0.3 is 0 Å². The summed E-state index contributed by atoms with van der Waals surface area (Å²) in [7, 11) is 0. The number of halogens is 2. The molecule has 0 saturated heterocycles. The maximum atomic E-state index is 14.2. The van der Waals surface area contributed by atoms with E-state index in [2.05, 4.69) is 6.92 Å². The fraction of sp³-hybridized carbons (Fsp3) is 0.435. The van der Waals surface area contributed by atoms with Crippen molar-refractivity contribution in [2.75, 3.05) is 6.61 Å². The molecule has 0 bridgehead atoms. The Kier molecular flexibility index (Phi) is 6.45. The van der Waals surface area contributed by atoms with Crippen LogP contribution in [0, 0.1) is 34.8 Å². The summed E-state index contributed by atoms with van der Waals surface area (Å²) < 4.78 is 33.9. The predicted octanol–water partition coefficient (Wildman–Crippen LogP) is 6.49. The smallest absolute Gasteiger partial charge is 0.177 e. The molecule has 0 N–H and O–H groups in total. The lowest BCUT2D eigenvalue weighted by atomic mass is 9.80. The number of benzene rings is 2. The van der Waals surface area contributed by atoms with Gasteiger partial charge in [0.1, 0.15) is 11.8 Å². The van der Waals surface area contributed by atoms with Gasteiger partial charge < -0.3 is 4.74 Å². The van der Waals surface area contributed by atoms with Crippen LogP contribution in [0.15, 0.2) is 36.4 Å². The van der Waals surface area contributed by atoms with E-state index in [1.807, 2.05) is 0 Å². The largest absolute Gasteiger partial charge is 0.493 e. The van der Waals surface area contributed by atoms with Gasteiger partial charge in [0.25, 0.3) is 0 Å². The van der Waals surface area contributed by atoms with E-state index in [1.165, 1.54) is 50.7 Å². The summed E-state index contributed by atoms with van der Waals surface area (Å²) in [4.78, 5) is 0. The lowest BCUT2D eigenvalue weighted by molar-refractivity contribution is 0.178. The maximum absolute atomic E-state index is 14.2. The van der Waals surface area contributed by atoms with Gasteiger partial charge in [0.2, 0.25) is 0 Å². The molecule has 1 saturated carbocycles. The molecule has 0 spiro atoms. The minimum atomic E-state index is -1.10. The molecule has 1 aliphatic carbocycles. The Bertz CT molecular complexity index is 802. The Hall–Kier alpha value is -2.41. The van der Waals surface area contributed by atoms with Crippen LogP contribution in [0.3, 0.4) is 0 Å². The highest BCUT2D eigenvalue weighted by molar-refractivity contribution is 5.66. The number of hydrogen-bond donors (Lipinski definition) is 0. The third-order valence-corrected chi connectivity index (χ3v) is 5.52. The molecule has 27 heavy (non-hydrogen) atoms. The van der Waals surface area contributed by atoms with Gasteiger partial charge in [-0.05, 0) is 54.5 Å². The van der Waals surface area contributed by atoms with Crippen LogP contribution in [0.5, 0.6) is 5.75 Å². The molecule has 1 aliphatic rings. The van der Waals surface area contributed by atoms with Crippen molar-refractivity contribution in [3.8, 4) is 22.9 Å². The van der Waals surface area contributed by atoms with Crippen molar-refractivity contribution < 1.29 is 13.5 Å². The van der Waals surface area contributed by atoms with Crippen LogP contribution in [0.4, 0.5) is 8.78 Å². The zero-order chi connectivity index (χ0) is 19.2. The minimum absolute atomic E-state index is 0.146. The first-order valence-corrected chi connectivity index (χ1v) is 9.73. The summed E-state index contributed by atoms with van der Waals surface area (Å²) in [5.41, 5.74) is 0.417. The van der Waals surface area contributed by atoms with E-state index in [1.54, 1.807) is 30.3 Å². The number of nitrogens with zero attached hydrogens (tertiary/aromatic N) is 1. The van der Waals surface area contributed by atoms with E-state index in [4.69, 9.17) is 10.00 Å². The summed E-state index contributed by atoms with van der Waals surface area (Å²) in [5, 5.41) is 8.78. The van der Waals surface area contributed by atoms with Crippen LogP contribution in [-0.4, -0.2) is 6.61 Å². The van der Waals surface area contributed by atoms with Crippen LogP contribution in [0.25, 0.3) is 11.1 Å². The van der Waals surface area contributed by atoms with Crippen molar-refractivity contribution in [3.63, 3.8) is 0 Å². The highest BCUT2D eigenvalue weighted by atomic mass is 19.2. The van der Waals surface area contributed by atoms with Crippen LogP contribution in [-0.2, 0) is 0 Å². The molecule has 1 fully saturated rings. The van der Waals surface area contributed by atoms with Crippen molar-refractivity contribution in [1.29, 1.82) is 5.26 Å². The average molecular weight is 369 g/mol. The summed E-state index contributed by atoms with van der Waals surface area (Å²) >= 11 is 0. The standard InChI is InChI=1S/C23H25F2NO/c1-2-3-16-4-6-17(7-5-16)15-27-20-11-8-18(9-12-20)21-13-10-19(14-26)22(24)23(21)25/h8-13,16-17H,2-7,15H2,1H3/t16-,17-. The molecule has 0 amide bonds. The van der Waals surface area contributed by atoms with Gasteiger partial charge in [0.15, 0.2) is 11.6 Å². The lowest BCUT2D eigenvalue weighted by Gasteiger charge is -2.28. The SMILES string of the molecule is CCC[C@H]1CC[C@H](COc2ccc(-c3ccc(C#N)c(F)c3F)cc2)CC1. The second-order valence-corrected chi connectivity index (χ2v) is 7.41. The summed E-state index contributed by atoms with van der Waals surface area (Å²) in [5.74, 6) is 0.126. The number of rotatable bonds is 6. The first-order valence-electron chi connectivity index (χ1n) is 9.73. The third kappa shape index (κ3) is 4.66. The molecule has 0 heterocycles. The zero-order valence-corrected chi connectivity index (χ0v) is 15.7. The van der Waals surface area contributed by atoms with Gasteiger partial charge in [-0.2, -0.15) is 5.26 Å². The molecule has 0 radical (unpaired) electrons. The monoisotopic (exact) mass is 369 g/mol. The van der Waals surface area contributed by atoms with Crippen molar-refractivity contribution in [1.82, 2.24) is 0 Å². The predicted molar refractivity (Wildman–Crippen MR) is 102 cm³/mol. The third-order valence-electron chi connectivity index (χ3n) is 5.52. The van der Waals surface area contributed by atoms with Gasteiger partial charge in [0, 0.05) is 5.56 Å². The van der Waals surface area contributed by atoms with E-state index < -0.39 is 11.6 Å². The Morgan fingerprint density at radius 1 is 0.963 bits per heavy atom. The fourth-order valence-corrected chi connectivity index (χ4v) is 3.90. The van der Waals surface area contributed by atoms with Gasteiger partial charge in [-0.3, -0.25) is 0 Å². The molecule has 2 aromatic carbocycles. The molecule has 2 aromatic rings. The molecule has 0 unspecified atom stereocenters. The van der Waals surface area contributed by atoms with Gasteiger partial charge in [-0.25, -0.2) is 8.78 Å². The first kappa shape index (κ1) is 19.4. The summed E-state index contributed by atoms with van der Waals surface area (Å²) in [6.07, 6.45) is 7.63. The molecule has 142 valence electrons. The maximum Gasteiger partial charge on any atom is 0.177 e. The molecule has 3 rings (SSSR count). The molecular formula is C23H25F2NO. The number of nitriles is 1. The van der Waals surface area contributed by atoms with Crippen molar-refractivity contribution in [2.45, 2.75) is 45.4 Å². The van der Waals surface area contributed by atoms with Crippen LogP contribution >= 0.6 is 0 Å². The molecule has 4 heteroatoms. The lowest BCUT2D eigenvalue weighted by Crippen LogP contribution is -2.20. The first-order chi connectivity index (χ1) is 13.1. The molecule has 2 nitrogen and oxygen atoms in total. The average Bonchev–Trinajstić information content (AvgIpc) is 2.70. The summed E-state index contributed by atoms with van der Waals surface area (Å²) in [6, 6.07) is 11.4. The van der Waals surface area contributed by atoms with Gasteiger partial charge in [-0.1, -0.05) is 44.7 Å². The van der Waals surface area contributed by atoms with Crippen LogP contribution in [0.1, 0.15) is 51.0 Å². The Labute approximate surface area is 159 Å². The molecule has 0 aliphatic heterocycles. The van der Waals surface area contributed by atoms with E-state index in [-0.39, 0.29) is 11.1 Å². The molecular weight excluding hydrogens is 344 g/mol. The topological polar surface area (TPSA) is 33.0 Å². The van der Waals surface area contributed by atoms with Gasteiger partial charge in [-0.15, -0.1) is 0 Å². The minimum Gasteiger partial charge on any atom is -0.493 e. The van der Waals surface area contributed by atoms with E-state index in [0.717, 1.165) is 11.7 Å². The summed E-state index contributed by atoms with van der Waals surface area (Å²) in [6.45, 7) is 2.95. The van der Waals surface area contributed by atoms with E-state index in [9.17, 15) is 8.78 Å². The van der Waals surface area contributed by atoms with Crippen molar-refractivity contribution in [3.05, 3.63) is 53.6 Å². The second kappa shape index (κ2) is 8.99. The highest BCUT2D eigenvalue weighted by Crippen LogP contribution is 2.32. The van der Waals surface area contributed by atoms with Crippen LogP contribution < -0.4 is 4.74 Å². The number of ether oxygens (including phenoxy) is 1. The van der Waals surface area contributed by atoms with E-state index >= 15 is 0 Å². The van der Waals surface area contributed by atoms with Gasteiger partial charge in [0.05, 0.1) is 12.2 Å². The highest BCUT2D eigenvalue weighted by Gasteiger charge is 2.21. The van der Waals surface area contributed by atoms with Crippen molar-refractivity contribution >= 4 is 0 Å². The fourth-order valence-electron chi connectivity index (χ4n) is 3.90. The second-order valence-electron chi connectivity index (χ2n) is 7.41. The Balaban J connectivity index is 1.59. The van der Waals surface area contributed by atoms with E-state index in [0.29, 0.717) is 18.1 Å². The molecule has 0 aromatic heterocycles. The molecule has 0 atom stereocenters.